The molecule has 0 fully saturated rings. The van der Waals surface area contributed by atoms with Gasteiger partial charge in [-0.25, -0.2) is 0 Å². The molecule has 2 amide bonds. The van der Waals surface area contributed by atoms with E-state index in [1.165, 1.54) is 28.8 Å². The molecule has 0 atom stereocenters. The lowest BCUT2D eigenvalue weighted by atomic mass is 10.2. The highest BCUT2D eigenvalue weighted by Gasteiger charge is 2.19. The number of nitro groups is 1. The van der Waals surface area contributed by atoms with Gasteiger partial charge in [-0.05, 0) is 37.3 Å². The number of non-ortho nitro benzene ring substituents is 1. The van der Waals surface area contributed by atoms with Crippen LogP contribution in [0.15, 0.2) is 83.0 Å². The average Bonchev–Trinajstić information content (AvgIpc) is 3.09. The van der Waals surface area contributed by atoms with Gasteiger partial charge in [0.05, 0.1) is 10.4 Å². The van der Waals surface area contributed by atoms with Crippen LogP contribution < -0.4 is 5.32 Å². The first-order valence-corrected chi connectivity index (χ1v) is 10.2. The minimum absolute atomic E-state index is 0.0361. The number of anilines is 1. The minimum atomic E-state index is -0.733. The number of rotatable bonds is 6. The van der Waals surface area contributed by atoms with Crippen molar-refractivity contribution in [2.75, 3.05) is 5.32 Å². The summed E-state index contributed by atoms with van der Waals surface area (Å²) in [5, 5.41) is 32.4. The molecule has 0 radical (unpaired) electrons. The maximum atomic E-state index is 12.6. The Bertz CT molecular complexity index is 1420. The summed E-state index contributed by atoms with van der Waals surface area (Å²) >= 11 is 0. The quantitative estimate of drug-likeness (QED) is 0.235. The Labute approximate surface area is 193 Å². The number of benzene rings is 3. The van der Waals surface area contributed by atoms with E-state index in [4.69, 9.17) is 0 Å². The molecule has 34 heavy (non-hydrogen) atoms. The number of aromatic nitrogens is 1. The maximum absolute atomic E-state index is 12.6. The third kappa shape index (κ3) is 4.65. The predicted molar refractivity (Wildman–Crippen MR) is 125 cm³/mol. The molecule has 0 unspecified atom stereocenters. The SMILES string of the molecule is Cc1ccc(NC(=O)Cn2c(O)c(N=NC(=O)c3ccc([N+](=O)[O-])cc3)c3ccccc32)cc1. The second kappa shape index (κ2) is 9.33. The van der Waals surface area contributed by atoms with E-state index in [0.717, 1.165) is 5.56 Å². The molecule has 0 saturated carbocycles. The van der Waals surface area contributed by atoms with Crippen LogP contribution in [0.3, 0.4) is 0 Å². The number of nitro benzene ring substituents is 1. The lowest BCUT2D eigenvalue weighted by Gasteiger charge is -2.08. The Morgan fingerprint density at radius 1 is 1.03 bits per heavy atom. The van der Waals surface area contributed by atoms with Gasteiger partial charge in [-0.15, -0.1) is 10.2 Å². The normalized spacial score (nSPS) is 11.1. The lowest BCUT2D eigenvalue weighted by Crippen LogP contribution is -2.18. The molecular weight excluding hydrogens is 438 g/mol. The van der Waals surface area contributed by atoms with Crippen LogP contribution in [0, 0.1) is 17.0 Å². The van der Waals surface area contributed by atoms with E-state index in [0.29, 0.717) is 16.6 Å². The fourth-order valence-corrected chi connectivity index (χ4v) is 3.39. The molecule has 0 bridgehead atoms. The summed E-state index contributed by atoms with van der Waals surface area (Å²) in [6.45, 7) is 1.75. The van der Waals surface area contributed by atoms with Crippen molar-refractivity contribution < 1.29 is 19.6 Å². The standard InChI is InChI=1S/C24H19N5O5/c1-15-6-10-17(11-7-15)25-21(30)14-28-20-5-3-2-4-19(20)22(24(28)32)26-27-23(31)16-8-12-18(13-9-16)29(33)34/h2-13,32H,14H2,1H3,(H,25,30). The van der Waals surface area contributed by atoms with E-state index in [9.17, 15) is 24.8 Å². The number of hydrogen-bond donors (Lipinski definition) is 2. The van der Waals surface area contributed by atoms with Gasteiger partial charge >= 0.3 is 0 Å². The highest BCUT2D eigenvalue weighted by Crippen LogP contribution is 2.38. The van der Waals surface area contributed by atoms with Crippen molar-refractivity contribution in [3.8, 4) is 5.88 Å². The number of azo groups is 1. The van der Waals surface area contributed by atoms with Gasteiger partial charge < -0.3 is 15.0 Å². The van der Waals surface area contributed by atoms with E-state index in [2.05, 4.69) is 15.5 Å². The van der Waals surface area contributed by atoms with Crippen molar-refractivity contribution >= 4 is 39.8 Å². The summed E-state index contributed by atoms with van der Waals surface area (Å²) in [5.74, 6) is -1.41. The zero-order valence-corrected chi connectivity index (χ0v) is 18.0. The van der Waals surface area contributed by atoms with Gasteiger partial charge in [0.2, 0.25) is 11.8 Å². The van der Waals surface area contributed by atoms with Gasteiger partial charge in [0.15, 0.2) is 5.69 Å². The highest BCUT2D eigenvalue weighted by atomic mass is 16.6. The third-order valence-electron chi connectivity index (χ3n) is 5.12. The summed E-state index contributed by atoms with van der Waals surface area (Å²) in [5.41, 5.74) is 2.21. The zero-order chi connectivity index (χ0) is 24.2. The fourth-order valence-electron chi connectivity index (χ4n) is 3.39. The smallest absolute Gasteiger partial charge is 0.295 e. The van der Waals surface area contributed by atoms with Crippen LogP contribution in [-0.4, -0.2) is 26.4 Å². The van der Waals surface area contributed by atoms with Crippen LogP contribution in [0.2, 0.25) is 0 Å². The Morgan fingerprint density at radius 2 is 1.71 bits per heavy atom. The fraction of sp³-hybridized carbons (Fsp3) is 0.0833. The van der Waals surface area contributed by atoms with Gasteiger partial charge in [-0.2, -0.15) is 0 Å². The topological polar surface area (TPSA) is 139 Å². The first-order chi connectivity index (χ1) is 16.3. The highest BCUT2D eigenvalue weighted by molar-refractivity contribution is 5.99. The molecule has 3 aromatic carbocycles. The largest absolute Gasteiger partial charge is 0.493 e. The number of amides is 2. The number of carbonyl (C=O) groups excluding carboxylic acids is 2. The number of para-hydroxylation sites is 1. The Morgan fingerprint density at radius 3 is 2.38 bits per heavy atom. The van der Waals surface area contributed by atoms with Crippen molar-refractivity contribution in [3.05, 3.63) is 94.0 Å². The van der Waals surface area contributed by atoms with E-state index >= 15 is 0 Å². The monoisotopic (exact) mass is 457 g/mol. The zero-order valence-electron chi connectivity index (χ0n) is 18.0. The number of aryl methyl sites for hydroxylation is 1. The molecule has 0 saturated heterocycles. The molecular formula is C24H19N5O5. The first-order valence-electron chi connectivity index (χ1n) is 10.2. The Kier molecular flexibility index (Phi) is 6.13. The lowest BCUT2D eigenvalue weighted by molar-refractivity contribution is -0.384. The predicted octanol–water partition coefficient (Wildman–Crippen LogP) is 5.13. The van der Waals surface area contributed by atoms with Crippen molar-refractivity contribution in [3.63, 3.8) is 0 Å². The number of carbonyl (C=O) groups is 2. The van der Waals surface area contributed by atoms with Gasteiger partial charge in [-0.3, -0.25) is 19.7 Å². The molecule has 1 aromatic heterocycles. The Balaban J connectivity index is 1.59. The van der Waals surface area contributed by atoms with Crippen LogP contribution in [0.4, 0.5) is 17.1 Å². The summed E-state index contributed by atoms with van der Waals surface area (Å²) in [4.78, 5) is 35.2. The molecule has 1 heterocycles. The van der Waals surface area contributed by atoms with E-state index in [-0.39, 0.29) is 35.3 Å². The Hall–Kier alpha value is -4.86. The van der Waals surface area contributed by atoms with Gasteiger partial charge in [0.25, 0.3) is 11.6 Å². The second-order valence-corrected chi connectivity index (χ2v) is 7.50. The van der Waals surface area contributed by atoms with Crippen LogP contribution in [0.5, 0.6) is 5.88 Å². The number of nitrogens with one attached hydrogen (secondary N) is 1. The first kappa shape index (κ1) is 22.3. The van der Waals surface area contributed by atoms with E-state index < -0.39 is 10.8 Å². The molecule has 4 aromatic rings. The molecule has 0 aliphatic heterocycles. The van der Waals surface area contributed by atoms with Crippen LogP contribution >= 0.6 is 0 Å². The molecule has 0 aliphatic rings. The number of nitrogens with zero attached hydrogens (tertiary/aromatic N) is 4. The summed E-state index contributed by atoms with van der Waals surface area (Å²) in [6, 6.07) is 19.1. The minimum Gasteiger partial charge on any atom is -0.493 e. The van der Waals surface area contributed by atoms with Gasteiger partial charge in [-0.1, -0.05) is 35.9 Å². The third-order valence-corrected chi connectivity index (χ3v) is 5.12. The summed E-state index contributed by atoms with van der Waals surface area (Å²) in [7, 11) is 0. The molecule has 170 valence electrons. The molecule has 0 spiro atoms. The molecule has 10 heteroatoms. The summed E-state index contributed by atoms with van der Waals surface area (Å²) in [6.07, 6.45) is 0. The molecule has 4 rings (SSSR count). The molecule has 0 aliphatic carbocycles. The van der Waals surface area contributed by atoms with Crippen molar-refractivity contribution in [1.82, 2.24) is 4.57 Å². The number of aromatic hydroxyl groups is 1. The van der Waals surface area contributed by atoms with Crippen LogP contribution in [0.25, 0.3) is 10.9 Å². The number of hydrogen-bond acceptors (Lipinski definition) is 6. The second-order valence-electron chi connectivity index (χ2n) is 7.50. The molecule has 2 N–H and O–H groups in total. The van der Waals surface area contributed by atoms with Crippen LogP contribution in [-0.2, 0) is 11.3 Å². The van der Waals surface area contributed by atoms with Crippen LogP contribution in [0.1, 0.15) is 15.9 Å². The van der Waals surface area contributed by atoms with Crippen molar-refractivity contribution in [2.24, 2.45) is 10.2 Å². The summed E-state index contributed by atoms with van der Waals surface area (Å²) < 4.78 is 1.38. The van der Waals surface area contributed by atoms with Gasteiger partial charge in [0, 0.05) is 28.8 Å². The van der Waals surface area contributed by atoms with E-state index in [1.807, 2.05) is 19.1 Å². The molecule has 10 nitrogen and oxygen atoms in total. The average molecular weight is 457 g/mol. The van der Waals surface area contributed by atoms with Gasteiger partial charge in [0.1, 0.15) is 6.54 Å². The van der Waals surface area contributed by atoms with E-state index in [1.54, 1.807) is 36.4 Å². The maximum Gasteiger partial charge on any atom is 0.295 e. The van der Waals surface area contributed by atoms with Crippen molar-refractivity contribution in [1.29, 1.82) is 0 Å². The van der Waals surface area contributed by atoms with Crippen molar-refractivity contribution in [2.45, 2.75) is 13.5 Å². The number of fused-ring (bicyclic) bond motifs is 1.